The van der Waals surface area contributed by atoms with E-state index in [1.807, 2.05) is 12.1 Å². The van der Waals surface area contributed by atoms with Crippen LogP contribution in [0.2, 0.25) is 0 Å². The molecule has 2 saturated heterocycles. The van der Waals surface area contributed by atoms with Gasteiger partial charge in [0, 0.05) is 36.5 Å². The molecule has 1 aromatic carbocycles. The van der Waals surface area contributed by atoms with Crippen LogP contribution in [-0.4, -0.2) is 35.9 Å². The fourth-order valence-electron chi connectivity index (χ4n) is 6.05. The first kappa shape index (κ1) is 20.0. The molecule has 30 heavy (non-hydrogen) atoms. The molecular formula is C25H34N2O3. The third kappa shape index (κ3) is 4.14. The summed E-state index contributed by atoms with van der Waals surface area (Å²) in [6, 6.07) is 8.17. The van der Waals surface area contributed by atoms with E-state index in [1.165, 1.54) is 12.8 Å². The Labute approximate surface area is 179 Å². The van der Waals surface area contributed by atoms with Crippen LogP contribution in [0.5, 0.6) is 0 Å². The Bertz CT molecular complexity index is 782. The molecule has 2 heterocycles. The van der Waals surface area contributed by atoms with Gasteiger partial charge in [-0.3, -0.25) is 9.59 Å². The first-order valence-electron chi connectivity index (χ1n) is 12.0. The number of ether oxygens (including phenoxy) is 1. The molecule has 0 bridgehead atoms. The van der Waals surface area contributed by atoms with Crippen molar-refractivity contribution in [2.75, 3.05) is 18.4 Å². The van der Waals surface area contributed by atoms with E-state index < -0.39 is 0 Å². The third-order valence-electron chi connectivity index (χ3n) is 7.79. The number of carbonyl (C=O) groups is 2. The van der Waals surface area contributed by atoms with Crippen LogP contribution >= 0.6 is 0 Å². The van der Waals surface area contributed by atoms with Crippen molar-refractivity contribution in [3.05, 3.63) is 29.8 Å². The number of fused-ring (bicyclic) bond motifs is 1. The molecule has 2 saturated carbocycles. The van der Waals surface area contributed by atoms with Crippen molar-refractivity contribution in [3.63, 3.8) is 0 Å². The van der Waals surface area contributed by atoms with Crippen LogP contribution in [0.4, 0.5) is 5.69 Å². The smallest absolute Gasteiger partial charge is 0.227 e. The molecule has 1 aromatic rings. The average Bonchev–Trinajstić information content (AvgIpc) is 3.54. The van der Waals surface area contributed by atoms with Gasteiger partial charge in [0.2, 0.25) is 11.8 Å². The molecule has 2 amide bonds. The minimum absolute atomic E-state index is 0.0601. The molecule has 0 spiro atoms. The van der Waals surface area contributed by atoms with Gasteiger partial charge in [0.25, 0.3) is 0 Å². The lowest BCUT2D eigenvalue weighted by atomic mass is 9.90. The Morgan fingerprint density at radius 1 is 0.967 bits per heavy atom. The Balaban J connectivity index is 1.20. The van der Waals surface area contributed by atoms with E-state index in [9.17, 15) is 9.59 Å². The van der Waals surface area contributed by atoms with Crippen LogP contribution in [0, 0.1) is 17.8 Å². The fourth-order valence-corrected chi connectivity index (χ4v) is 6.05. The maximum atomic E-state index is 12.8. The predicted molar refractivity (Wildman–Crippen MR) is 116 cm³/mol. The van der Waals surface area contributed by atoms with Gasteiger partial charge in [-0.2, -0.15) is 0 Å². The van der Waals surface area contributed by atoms with E-state index in [1.54, 1.807) is 0 Å². The van der Waals surface area contributed by atoms with Gasteiger partial charge in [-0.25, -0.2) is 0 Å². The van der Waals surface area contributed by atoms with E-state index in [4.69, 9.17) is 4.74 Å². The lowest BCUT2D eigenvalue weighted by molar-refractivity contribution is -0.138. The topological polar surface area (TPSA) is 58.6 Å². The summed E-state index contributed by atoms with van der Waals surface area (Å²) in [5.74, 6) is 1.39. The highest BCUT2D eigenvalue weighted by Crippen LogP contribution is 2.42. The van der Waals surface area contributed by atoms with Crippen LogP contribution in [0.15, 0.2) is 24.3 Å². The summed E-state index contributed by atoms with van der Waals surface area (Å²) >= 11 is 0. The molecule has 0 radical (unpaired) electrons. The molecule has 2 aliphatic heterocycles. The summed E-state index contributed by atoms with van der Waals surface area (Å²) in [6.07, 6.45) is 11.1. The van der Waals surface area contributed by atoms with Crippen LogP contribution in [0.25, 0.3) is 0 Å². The van der Waals surface area contributed by atoms with Crippen LogP contribution < -0.4 is 5.32 Å². The average molecular weight is 411 g/mol. The summed E-state index contributed by atoms with van der Waals surface area (Å²) in [5, 5.41) is 3.12. The fraction of sp³-hybridized carbons (Fsp3) is 0.680. The third-order valence-corrected chi connectivity index (χ3v) is 7.79. The number of amides is 2. The Morgan fingerprint density at radius 3 is 2.47 bits per heavy atom. The number of piperidine rings is 1. The van der Waals surface area contributed by atoms with Crippen molar-refractivity contribution in [1.82, 2.24) is 4.90 Å². The Morgan fingerprint density at radius 2 is 1.70 bits per heavy atom. The lowest BCUT2D eigenvalue weighted by Crippen LogP contribution is -2.46. The van der Waals surface area contributed by atoms with Gasteiger partial charge in [0.15, 0.2) is 0 Å². The Hall–Kier alpha value is -1.88. The monoisotopic (exact) mass is 410 g/mol. The molecule has 2 aliphatic carbocycles. The highest BCUT2D eigenvalue weighted by Gasteiger charge is 2.41. The molecule has 5 heteroatoms. The van der Waals surface area contributed by atoms with E-state index in [0.717, 1.165) is 75.7 Å². The highest BCUT2D eigenvalue weighted by molar-refractivity contribution is 5.92. The number of hydrogen-bond acceptors (Lipinski definition) is 3. The number of anilines is 1. The first-order chi connectivity index (χ1) is 14.7. The maximum Gasteiger partial charge on any atom is 0.227 e. The molecule has 0 aromatic heterocycles. The number of rotatable bonds is 4. The summed E-state index contributed by atoms with van der Waals surface area (Å²) < 4.78 is 6.41. The van der Waals surface area contributed by atoms with Crippen molar-refractivity contribution >= 4 is 17.5 Å². The number of nitrogens with one attached hydrogen (secondary N) is 1. The van der Waals surface area contributed by atoms with Gasteiger partial charge >= 0.3 is 0 Å². The zero-order valence-corrected chi connectivity index (χ0v) is 17.9. The summed E-state index contributed by atoms with van der Waals surface area (Å²) in [7, 11) is 0. The predicted octanol–water partition coefficient (Wildman–Crippen LogP) is 4.68. The molecular weight excluding hydrogens is 376 g/mol. The minimum Gasteiger partial charge on any atom is -0.370 e. The van der Waals surface area contributed by atoms with Crippen molar-refractivity contribution < 1.29 is 14.3 Å². The summed E-state index contributed by atoms with van der Waals surface area (Å²) in [5.41, 5.74) is 2.02. The van der Waals surface area contributed by atoms with E-state index >= 15 is 0 Å². The second-order valence-corrected chi connectivity index (χ2v) is 9.81. The van der Waals surface area contributed by atoms with Crippen LogP contribution in [0.1, 0.15) is 75.9 Å². The van der Waals surface area contributed by atoms with Gasteiger partial charge in [0.1, 0.15) is 0 Å². The lowest BCUT2D eigenvalue weighted by Gasteiger charge is -2.35. The second-order valence-electron chi connectivity index (χ2n) is 9.81. The zero-order chi connectivity index (χ0) is 20.5. The van der Waals surface area contributed by atoms with Crippen molar-refractivity contribution in [2.45, 2.75) is 76.4 Å². The second kappa shape index (κ2) is 8.70. The standard InChI is InChI=1S/C25H34N2O3/c28-24(17-6-1-2-7-17)26-21-11-5-10-19(14-21)23-15-20-16-27(13-12-22(20)30-23)25(29)18-8-3-4-9-18/h5,10-11,14,17-18,20,22-23H,1-4,6-9,12-13,15-16H2,(H,26,28)/t20-,22+,23+/m1/s1. The van der Waals surface area contributed by atoms with Crippen molar-refractivity contribution in [3.8, 4) is 0 Å². The molecule has 0 unspecified atom stereocenters. The van der Waals surface area contributed by atoms with E-state index in [2.05, 4.69) is 22.3 Å². The quantitative estimate of drug-likeness (QED) is 0.784. The van der Waals surface area contributed by atoms with E-state index in [-0.39, 0.29) is 30.0 Å². The van der Waals surface area contributed by atoms with Gasteiger partial charge < -0.3 is 15.0 Å². The summed E-state index contributed by atoms with van der Waals surface area (Å²) in [6.45, 7) is 1.68. The molecule has 4 fully saturated rings. The SMILES string of the molecule is O=C(Nc1cccc([C@@H]2C[C@@H]3CN(C(=O)C4CCCC4)CC[C@@H]3O2)c1)C1CCCC1. The largest absolute Gasteiger partial charge is 0.370 e. The number of benzene rings is 1. The normalized spacial score (nSPS) is 29.9. The number of likely N-dealkylation sites (tertiary alicyclic amines) is 1. The van der Waals surface area contributed by atoms with Gasteiger partial charge in [-0.1, -0.05) is 37.8 Å². The molecule has 3 atom stereocenters. The number of nitrogens with zero attached hydrogens (tertiary/aromatic N) is 1. The van der Waals surface area contributed by atoms with Gasteiger partial charge in [0.05, 0.1) is 12.2 Å². The molecule has 5 rings (SSSR count). The Kier molecular flexibility index (Phi) is 5.81. The first-order valence-corrected chi connectivity index (χ1v) is 12.0. The zero-order valence-electron chi connectivity index (χ0n) is 17.9. The molecule has 162 valence electrons. The summed E-state index contributed by atoms with van der Waals surface area (Å²) in [4.78, 5) is 27.4. The van der Waals surface area contributed by atoms with Gasteiger partial charge in [-0.05, 0) is 56.2 Å². The van der Waals surface area contributed by atoms with Crippen LogP contribution in [0.3, 0.4) is 0 Å². The van der Waals surface area contributed by atoms with Crippen molar-refractivity contribution in [2.24, 2.45) is 17.8 Å². The highest BCUT2D eigenvalue weighted by atomic mass is 16.5. The number of carbonyl (C=O) groups excluding carboxylic acids is 2. The van der Waals surface area contributed by atoms with E-state index in [0.29, 0.717) is 11.8 Å². The molecule has 1 N–H and O–H groups in total. The van der Waals surface area contributed by atoms with Crippen LogP contribution in [-0.2, 0) is 14.3 Å². The number of hydrogen-bond donors (Lipinski definition) is 1. The minimum atomic E-state index is 0.0601. The van der Waals surface area contributed by atoms with Crippen molar-refractivity contribution in [1.29, 1.82) is 0 Å². The molecule has 5 nitrogen and oxygen atoms in total. The maximum absolute atomic E-state index is 12.8. The van der Waals surface area contributed by atoms with Gasteiger partial charge in [-0.15, -0.1) is 0 Å². The molecule has 4 aliphatic rings.